The Morgan fingerprint density at radius 1 is 1.39 bits per heavy atom. The van der Waals surface area contributed by atoms with Crippen molar-refractivity contribution >= 4 is 16.9 Å². The number of carbonyl (C=O) groups excluding carboxylic acids is 1. The normalized spacial score (nSPS) is 12.4. The number of nitrogens with one attached hydrogen (secondary N) is 2. The molecule has 0 bridgehead atoms. The van der Waals surface area contributed by atoms with E-state index >= 15 is 0 Å². The Morgan fingerprint density at radius 3 is 3.04 bits per heavy atom. The summed E-state index contributed by atoms with van der Waals surface area (Å²) in [6, 6.07) is 4.68. The van der Waals surface area contributed by atoms with Gasteiger partial charge in [0.15, 0.2) is 5.82 Å². The Kier molecular flexibility index (Phi) is 4.29. The van der Waals surface area contributed by atoms with Crippen molar-refractivity contribution in [2.45, 2.75) is 19.4 Å². The van der Waals surface area contributed by atoms with Gasteiger partial charge in [-0.2, -0.15) is 20.4 Å². The fraction of sp³-hybridized carbons (Fsp3) is 0.357. The maximum absolute atomic E-state index is 12.3. The number of rotatable bonds is 6. The number of aromatic nitrogens is 5. The number of amides is 1. The number of aromatic amines is 1. The lowest BCUT2D eigenvalue weighted by molar-refractivity contribution is 0.0932. The first-order valence-corrected chi connectivity index (χ1v) is 7.10. The third kappa shape index (κ3) is 3.34. The lowest BCUT2D eigenvalue weighted by Crippen LogP contribution is -2.26. The summed E-state index contributed by atoms with van der Waals surface area (Å²) >= 11 is 0. The molecule has 1 amide bonds. The van der Waals surface area contributed by atoms with Crippen LogP contribution in [0.15, 0.2) is 22.7 Å². The van der Waals surface area contributed by atoms with Crippen LogP contribution >= 0.6 is 0 Å². The smallest absolute Gasteiger partial charge is 0.251 e. The summed E-state index contributed by atoms with van der Waals surface area (Å²) in [4.78, 5) is 16.5. The molecule has 0 saturated heterocycles. The van der Waals surface area contributed by atoms with Crippen molar-refractivity contribution in [1.29, 1.82) is 0 Å². The highest BCUT2D eigenvalue weighted by molar-refractivity contribution is 5.97. The highest BCUT2D eigenvalue weighted by atomic mass is 16.5. The van der Waals surface area contributed by atoms with Gasteiger partial charge in [0.05, 0.1) is 6.61 Å². The van der Waals surface area contributed by atoms with Crippen LogP contribution in [0.4, 0.5) is 0 Å². The number of fused-ring (bicyclic) bond motifs is 1. The van der Waals surface area contributed by atoms with Gasteiger partial charge >= 0.3 is 0 Å². The molecule has 9 nitrogen and oxygen atoms in total. The minimum Gasteiger partial charge on any atom is -0.384 e. The molecule has 9 heteroatoms. The van der Waals surface area contributed by atoms with E-state index in [2.05, 4.69) is 30.9 Å². The molecule has 2 heterocycles. The lowest BCUT2D eigenvalue weighted by atomic mass is 10.1. The Labute approximate surface area is 131 Å². The Hall–Kier alpha value is -2.81. The summed E-state index contributed by atoms with van der Waals surface area (Å²) in [5, 5.41) is 17.1. The fourth-order valence-corrected chi connectivity index (χ4v) is 2.06. The molecule has 0 radical (unpaired) electrons. The van der Waals surface area contributed by atoms with Gasteiger partial charge in [-0.05, 0) is 25.1 Å². The molecule has 1 atom stereocenters. The van der Waals surface area contributed by atoms with Crippen LogP contribution in [0, 0.1) is 0 Å². The van der Waals surface area contributed by atoms with Gasteiger partial charge in [-0.3, -0.25) is 4.79 Å². The molecule has 0 aliphatic heterocycles. The van der Waals surface area contributed by atoms with E-state index in [1.54, 1.807) is 32.2 Å². The van der Waals surface area contributed by atoms with Crippen LogP contribution in [0.3, 0.4) is 0 Å². The summed E-state index contributed by atoms with van der Waals surface area (Å²) in [6.07, 6.45) is 0.559. The van der Waals surface area contributed by atoms with Crippen LogP contribution in [-0.2, 0) is 11.2 Å². The maximum atomic E-state index is 12.3. The predicted octanol–water partition coefficient (Wildman–Crippen LogP) is 1.02. The Balaban J connectivity index is 1.67. The molecule has 0 saturated carbocycles. The predicted molar refractivity (Wildman–Crippen MR) is 79.6 cm³/mol. The Morgan fingerprint density at radius 2 is 2.22 bits per heavy atom. The first kappa shape index (κ1) is 15.1. The highest BCUT2D eigenvalue weighted by Gasteiger charge is 2.18. The zero-order chi connectivity index (χ0) is 16.2. The van der Waals surface area contributed by atoms with Gasteiger partial charge in [-0.1, -0.05) is 5.16 Å². The molecular formula is C14H16N6O3. The van der Waals surface area contributed by atoms with E-state index in [1.165, 1.54) is 0 Å². The summed E-state index contributed by atoms with van der Waals surface area (Å²) < 4.78 is 10.1. The third-order valence-electron chi connectivity index (χ3n) is 3.31. The van der Waals surface area contributed by atoms with Crippen molar-refractivity contribution in [2.75, 3.05) is 13.7 Å². The monoisotopic (exact) mass is 316 g/mol. The van der Waals surface area contributed by atoms with Crippen LogP contribution in [0.2, 0.25) is 0 Å². The van der Waals surface area contributed by atoms with Crippen molar-refractivity contribution in [2.24, 2.45) is 0 Å². The minimum atomic E-state index is -0.403. The van der Waals surface area contributed by atoms with E-state index in [9.17, 15) is 4.79 Å². The van der Waals surface area contributed by atoms with E-state index in [1.807, 2.05) is 0 Å². The van der Waals surface area contributed by atoms with Gasteiger partial charge in [0.1, 0.15) is 17.1 Å². The average Bonchev–Trinajstić information content (AvgIpc) is 3.21. The molecule has 23 heavy (non-hydrogen) atoms. The molecule has 1 aromatic carbocycles. The van der Waals surface area contributed by atoms with Gasteiger partial charge in [-0.15, -0.1) is 0 Å². The molecule has 0 fully saturated rings. The number of carbonyl (C=O) groups is 1. The van der Waals surface area contributed by atoms with Crippen LogP contribution < -0.4 is 5.32 Å². The van der Waals surface area contributed by atoms with E-state index in [0.29, 0.717) is 41.3 Å². The number of hydrogen-bond donors (Lipinski definition) is 2. The largest absolute Gasteiger partial charge is 0.384 e. The topological polar surface area (TPSA) is 119 Å². The van der Waals surface area contributed by atoms with Crippen LogP contribution in [0.5, 0.6) is 0 Å². The second kappa shape index (κ2) is 6.53. The first-order valence-electron chi connectivity index (χ1n) is 7.10. The SMILES string of the molecule is COCCc1noc([C@@H](C)NC(=O)c2ccc3n[nH]nc3c2)n1. The fourth-order valence-electron chi connectivity index (χ4n) is 2.06. The van der Waals surface area contributed by atoms with Crippen molar-refractivity contribution in [3.05, 3.63) is 35.5 Å². The van der Waals surface area contributed by atoms with Gasteiger partial charge in [0, 0.05) is 19.1 Å². The second-order valence-corrected chi connectivity index (χ2v) is 5.01. The quantitative estimate of drug-likeness (QED) is 0.696. The van der Waals surface area contributed by atoms with Crippen molar-refractivity contribution in [3.8, 4) is 0 Å². The number of H-pyrrole nitrogens is 1. The zero-order valence-corrected chi connectivity index (χ0v) is 12.7. The first-order chi connectivity index (χ1) is 11.2. The van der Waals surface area contributed by atoms with Crippen LogP contribution in [0.25, 0.3) is 11.0 Å². The third-order valence-corrected chi connectivity index (χ3v) is 3.31. The van der Waals surface area contributed by atoms with E-state index in [-0.39, 0.29) is 5.91 Å². The standard InChI is InChI=1S/C14H16N6O3/c1-8(14-16-12(19-23-14)5-6-22-2)15-13(21)9-3-4-10-11(7-9)18-20-17-10/h3-4,7-8H,5-6H2,1-2H3,(H,15,21)(H,17,18,20)/t8-/m1/s1. The Bertz CT molecular complexity index is 812. The summed E-state index contributed by atoms with van der Waals surface area (Å²) in [5.74, 6) is 0.651. The van der Waals surface area contributed by atoms with Gasteiger partial charge in [0.25, 0.3) is 5.91 Å². The molecule has 120 valence electrons. The second-order valence-electron chi connectivity index (χ2n) is 5.01. The molecule has 2 N–H and O–H groups in total. The van der Waals surface area contributed by atoms with Crippen LogP contribution in [0.1, 0.15) is 35.0 Å². The van der Waals surface area contributed by atoms with Crippen molar-refractivity contribution in [1.82, 2.24) is 30.9 Å². The van der Waals surface area contributed by atoms with Crippen molar-refractivity contribution in [3.63, 3.8) is 0 Å². The molecule has 3 aromatic rings. The molecular weight excluding hydrogens is 300 g/mol. The molecule has 0 unspecified atom stereocenters. The van der Waals surface area contributed by atoms with Crippen molar-refractivity contribution < 1.29 is 14.1 Å². The van der Waals surface area contributed by atoms with Gasteiger partial charge in [-0.25, -0.2) is 0 Å². The summed E-state index contributed by atoms with van der Waals surface area (Å²) in [7, 11) is 1.61. The minimum absolute atomic E-state index is 0.251. The molecule has 0 aliphatic rings. The van der Waals surface area contributed by atoms with Crippen LogP contribution in [-0.4, -0.2) is 45.2 Å². The number of nitrogens with zero attached hydrogens (tertiary/aromatic N) is 4. The van der Waals surface area contributed by atoms with Gasteiger partial charge in [0.2, 0.25) is 5.89 Å². The molecule has 2 aromatic heterocycles. The van der Waals surface area contributed by atoms with E-state index in [4.69, 9.17) is 9.26 Å². The average molecular weight is 316 g/mol. The molecule has 0 spiro atoms. The number of benzene rings is 1. The van der Waals surface area contributed by atoms with E-state index < -0.39 is 6.04 Å². The molecule has 3 rings (SSSR count). The zero-order valence-electron chi connectivity index (χ0n) is 12.7. The number of ether oxygens (including phenoxy) is 1. The van der Waals surface area contributed by atoms with E-state index in [0.717, 1.165) is 0 Å². The lowest BCUT2D eigenvalue weighted by Gasteiger charge is -2.09. The summed E-state index contributed by atoms with van der Waals surface area (Å²) in [6.45, 7) is 2.29. The highest BCUT2D eigenvalue weighted by Crippen LogP contribution is 2.14. The number of hydrogen-bond acceptors (Lipinski definition) is 7. The summed E-state index contributed by atoms with van der Waals surface area (Å²) in [5.41, 5.74) is 1.82. The number of methoxy groups -OCH3 is 1. The maximum Gasteiger partial charge on any atom is 0.251 e. The van der Waals surface area contributed by atoms with Gasteiger partial charge < -0.3 is 14.6 Å². The molecule has 0 aliphatic carbocycles.